The highest BCUT2D eigenvalue weighted by Crippen LogP contribution is 2.47. The number of benzene rings is 3. The van der Waals surface area contributed by atoms with Crippen molar-refractivity contribution in [3.8, 4) is 11.5 Å². The first-order valence-corrected chi connectivity index (χ1v) is 8.20. The minimum atomic E-state index is -0.737. The maximum absolute atomic E-state index is 12.3. The molecule has 26 heavy (non-hydrogen) atoms. The molecule has 0 aliphatic rings. The summed E-state index contributed by atoms with van der Waals surface area (Å²) in [6.45, 7) is 1.79. The molecule has 0 atom stereocenters. The molecule has 0 unspecified atom stereocenters. The number of hydrogen-bond acceptors (Lipinski definition) is 6. The largest absolute Gasteiger partial charge is 0.507 e. The maximum Gasteiger partial charge on any atom is 0.297 e. The number of nitrogens with zero attached hydrogens (tertiary/aromatic N) is 2. The van der Waals surface area contributed by atoms with Gasteiger partial charge in [-0.2, -0.15) is 0 Å². The lowest BCUT2D eigenvalue weighted by molar-refractivity contribution is 0.0996. The number of phenolic OH excluding ortho intramolecular Hbond substituents is 2. The summed E-state index contributed by atoms with van der Waals surface area (Å²) in [6, 6.07) is 8.03. The Morgan fingerprint density at radius 3 is 2.23 bits per heavy atom. The summed E-state index contributed by atoms with van der Waals surface area (Å²) in [6.07, 6.45) is 0.474. The van der Waals surface area contributed by atoms with E-state index in [0.717, 1.165) is 0 Å². The highest BCUT2D eigenvalue weighted by Gasteiger charge is 2.22. The Kier molecular flexibility index (Phi) is 4.43. The molecule has 0 heterocycles. The number of aromatic hydroxyl groups is 2. The first-order chi connectivity index (χ1) is 12.4. The molecule has 1 amide bonds. The summed E-state index contributed by atoms with van der Waals surface area (Å²) in [5, 5.41) is 29.6. The van der Waals surface area contributed by atoms with Gasteiger partial charge in [0.05, 0.1) is 22.0 Å². The van der Waals surface area contributed by atoms with Crippen LogP contribution in [-0.2, 0) is 0 Å². The number of thiocarbonyl (C=S) groups is 1. The number of nitrogens with two attached hydrogens (primary N) is 2. The highest BCUT2D eigenvalue weighted by molar-refractivity contribution is 7.80. The van der Waals surface area contributed by atoms with E-state index in [9.17, 15) is 15.0 Å². The smallest absolute Gasteiger partial charge is 0.297 e. The number of anilines is 2. The highest BCUT2D eigenvalue weighted by atomic mass is 32.1. The van der Waals surface area contributed by atoms with Crippen LogP contribution in [0.15, 0.2) is 40.6 Å². The summed E-state index contributed by atoms with van der Waals surface area (Å²) in [7, 11) is 0. The van der Waals surface area contributed by atoms with Gasteiger partial charge in [-0.15, -0.1) is 10.2 Å². The maximum atomic E-state index is 12.3. The molecule has 6 N–H and O–H groups in total. The van der Waals surface area contributed by atoms with Crippen molar-refractivity contribution < 1.29 is 15.0 Å². The van der Waals surface area contributed by atoms with Crippen LogP contribution in [0.25, 0.3) is 21.5 Å². The third kappa shape index (κ3) is 2.70. The SMILES string of the molecule is CCC(=S)N=NC(=O)c1cc(N)c2c(O)c3ccccc3c(O)c2c1N. The second-order valence-corrected chi connectivity index (χ2v) is 6.14. The quantitative estimate of drug-likeness (QED) is 0.178. The van der Waals surface area contributed by atoms with Crippen LogP contribution in [0.1, 0.15) is 23.7 Å². The van der Waals surface area contributed by atoms with E-state index >= 15 is 0 Å². The Hall–Kier alpha value is -3.26. The van der Waals surface area contributed by atoms with Crippen LogP contribution in [0.2, 0.25) is 0 Å². The number of azo groups is 1. The van der Waals surface area contributed by atoms with Gasteiger partial charge in [-0.05, 0) is 12.5 Å². The molecule has 0 aliphatic heterocycles. The zero-order chi connectivity index (χ0) is 19.0. The van der Waals surface area contributed by atoms with Gasteiger partial charge in [-0.25, -0.2) is 0 Å². The third-order valence-electron chi connectivity index (χ3n) is 4.09. The molecule has 132 valence electrons. The summed E-state index contributed by atoms with van der Waals surface area (Å²) in [5.41, 5.74) is 12.2. The summed E-state index contributed by atoms with van der Waals surface area (Å²) in [5.74, 6) is -1.03. The van der Waals surface area contributed by atoms with Gasteiger partial charge >= 0.3 is 0 Å². The molecule has 0 bridgehead atoms. The molecular weight excluding hydrogens is 352 g/mol. The minimum absolute atomic E-state index is 0.0253. The third-order valence-corrected chi connectivity index (χ3v) is 4.46. The lowest BCUT2D eigenvalue weighted by atomic mass is 9.95. The van der Waals surface area contributed by atoms with E-state index in [2.05, 4.69) is 10.2 Å². The summed E-state index contributed by atoms with van der Waals surface area (Å²) >= 11 is 4.91. The van der Waals surface area contributed by atoms with E-state index < -0.39 is 5.91 Å². The molecule has 3 aromatic rings. The van der Waals surface area contributed by atoms with Crippen molar-refractivity contribution in [3.05, 3.63) is 35.9 Å². The number of phenols is 2. The van der Waals surface area contributed by atoms with E-state index in [1.54, 1.807) is 31.2 Å². The van der Waals surface area contributed by atoms with E-state index in [-0.39, 0.29) is 44.2 Å². The van der Waals surface area contributed by atoms with E-state index in [0.29, 0.717) is 17.2 Å². The van der Waals surface area contributed by atoms with E-state index in [4.69, 9.17) is 23.7 Å². The predicted octanol–water partition coefficient (Wildman–Crippen LogP) is 3.90. The fourth-order valence-electron chi connectivity index (χ4n) is 2.79. The Morgan fingerprint density at radius 2 is 1.65 bits per heavy atom. The van der Waals surface area contributed by atoms with Crippen molar-refractivity contribution in [3.63, 3.8) is 0 Å². The Labute approximate surface area is 153 Å². The molecule has 8 heteroatoms. The van der Waals surface area contributed by atoms with Crippen LogP contribution in [0.5, 0.6) is 11.5 Å². The zero-order valence-electron chi connectivity index (χ0n) is 13.9. The van der Waals surface area contributed by atoms with Gasteiger partial charge < -0.3 is 21.7 Å². The molecule has 0 fully saturated rings. The second-order valence-electron chi connectivity index (χ2n) is 5.67. The fourth-order valence-corrected chi connectivity index (χ4v) is 2.83. The van der Waals surface area contributed by atoms with Gasteiger partial charge in [-0.1, -0.05) is 43.4 Å². The molecule has 0 aliphatic carbocycles. The minimum Gasteiger partial charge on any atom is -0.507 e. The van der Waals surface area contributed by atoms with Crippen molar-refractivity contribution in [2.24, 2.45) is 10.2 Å². The molecule has 0 saturated carbocycles. The first kappa shape index (κ1) is 17.6. The predicted molar refractivity (Wildman–Crippen MR) is 106 cm³/mol. The Morgan fingerprint density at radius 1 is 1.08 bits per heavy atom. The van der Waals surface area contributed by atoms with Crippen LogP contribution < -0.4 is 11.5 Å². The topological polar surface area (TPSA) is 134 Å². The van der Waals surface area contributed by atoms with Gasteiger partial charge in [0.15, 0.2) is 0 Å². The summed E-state index contributed by atoms with van der Waals surface area (Å²) < 4.78 is 0. The van der Waals surface area contributed by atoms with Crippen molar-refractivity contribution >= 4 is 56.0 Å². The normalized spacial score (nSPS) is 11.4. The monoisotopic (exact) mass is 368 g/mol. The van der Waals surface area contributed by atoms with Crippen LogP contribution in [0, 0.1) is 0 Å². The van der Waals surface area contributed by atoms with Gasteiger partial charge in [0.25, 0.3) is 5.91 Å². The first-order valence-electron chi connectivity index (χ1n) is 7.80. The zero-order valence-corrected chi connectivity index (χ0v) is 14.7. The van der Waals surface area contributed by atoms with Gasteiger partial charge in [-0.3, -0.25) is 4.79 Å². The number of carbonyl (C=O) groups excluding carboxylic acids is 1. The van der Waals surface area contributed by atoms with Crippen LogP contribution in [0.4, 0.5) is 11.4 Å². The lowest BCUT2D eigenvalue weighted by Gasteiger charge is -2.15. The number of fused-ring (bicyclic) bond motifs is 2. The average molecular weight is 368 g/mol. The standard InChI is InChI=1S/C18H16N4O3S/c1-2-12(26)21-22-18(25)10-7-11(19)13-14(15(10)20)17(24)9-6-4-3-5-8(9)16(13)23/h3-7,23-24H,2,19-20H2,1H3. The van der Waals surface area contributed by atoms with Gasteiger partial charge in [0.1, 0.15) is 16.5 Å². The van der Waals surface area contributed by atoms with E-state index in [1.807, 2.05) is 0 Å². The second kappa shape index (κ2) is 6.57. The van der Waals surface area contributed by atoms with Gasteiger partial charge in [0, 0.05) is 16.5 Å². The number of rotatable bonds is 2. The molecule has 0 radical (unpaired) electrons. The molecule has 0 aromatic heterocycles. The van der Waals surface area contributed by atoms with Crippen LogP contribution >= 0.6 is 12.2 Å². The number of nitrogen functional groups attached to an aromatic ring is 2. The molecular formula is C18H16N4O3S. The van der Waals surface area contributed by atoms with Crippen LogP contribution in [-0.4, -0.2) is 21.1 Å². The van der Waals surface area contributed by atoms with Crippen molar-refractivity contribution in [1.82, 2.24) is 0 Å². The molecule has 0 saturated heterocycles. The molecule has 3 rings (SSSR count). The van der Waals surface area contributed by atoms with Crippen molar-refractivity contribution in [2.45, 2.75) is 13.3 Å². The average Bonchev–Trinajstić information content (AvgIpc) is 2.65. The molecule has 3 aromatic carbocycles. The number of carbonyl (C=O) groups is 1. The van der Waals surface area contributed by atoms with Crippen molar-refractivity contribution in [2.75, 3.05) is 11.5 Å². The number of hydrogen-bond donors (Lipinski definition) is 4. The Balaban J connectivity index is 2.33. The lowest BCUT2D eigenvalue weighted by Crippen LogP contribution is -2.05. The number of amides is 1. The summed E-state index contributed by atoms with van der Waals surface area (Å²) in [4.78, 5) is 12.6. The van der Waals surface area contributed by atoms with Crippen molar-refractivity contribution in [1.29, 1.82) is 0 Å². The fraction of sp³-hybridized carbons (Fsp3) is 0.111. The van der Waals surface area contributed by atoms with Crippen LogP contribution in [0.3, 0.4) is 0 Å². The molecule has 0 spiro atoms. The Bertz CT molecular complexity index is 1110. The van der Waals surface area contributed by atoms with E-state index in [1.165, 1.54) is 6.07 Å². The van der Waals surface area contributed by atoms with Gasteiger partial charge in [0.2, 0.25) is 0 Å². The molecule has 7 nitrogen and oxygen atoms in total.